The Morgan fingerprint density at radius 2 is 1.64 bits per heavy atom. The number of halogens is 3. The Labute approximate surface area is 83.3 Å². The van der Waals surface area contributed by atoms with Gasteiger partial charge in [-0.1, -0.05) is 23.2 Å². The van der Waals surface area contributed by atoms with Crippen LogP contribution in [0, 0.1) is 0 Å². The Kier molecular flexibility index (Phi) is 3.19. The lowest BCUT2D eigenvalue weighted by Gasteiger charge is -2.01. The molecule has 0 spiro atoms. The predicted molar refractivity (Wildman–Crippen MR) is 52.6 cm³/mol. The van der Waals surface area contributed by atoms with E-state index in [2.05, 4.69) is 0 Å². The molecular weight excluding hydrogens is 224 g/mol. The van der Waals surface area contributed by atoms with Gasteiger partial charge in [-0.2, -0.15) is 0 Å². The molecule has 1 nitrogen and oxygen atoms in total. The Bertz CT molecular complexity index is 254. The molecule has 0 saturated heterocycles. The highest BCUT2D eigenvalue weighted by Gasteiger charge is 2.03. The molecule has 0 radical (unpaired) electrons. The Morgan fingerprint density at radius 1 is 1.18 bits per heavy atom. The summed E-state index contributed by atoms with van der Waals surface area (Å²) >= 11 is 11.4. The van der Waals surface area contributed by atoms with Crippen LogP contribution in [0.5, 0.6) is 0 Å². The number of benzene rings is 1. The molecule has 0 amide bonds. The second kappa shape index (κ2) is 3.76. The number of hydrogen-bond acceptors (Lipinski definition) is 2. The number of nitrogen functional groups attached to an aromatic ring is 1. The summed E-state index contributed by atoms with van der Waals surface area (Å²) in [5, 5.41) is 0.862. The topological polar surface area (TPSA) is 26.0 Å². The maximum Gasteiger partial charge on any atom is 0.0693 e. The summed E-state index contributed by atoms with van der Waals surface area (Å²) in [7, 11) is 6.54. The number of anilines is 1. The first-order valence-electron chi connectivity index (χ1n) is 2.68. The van der Waals surface area contributed by atoms with Gasteiger partial charge in [0, 0.05) is 4.90 Å². The molecule has 0 heterocycles. The van der Waals surface area contributed by atoms with Gasteiger partial charge in [-0.15, -0.1) is 0 Å². The van der Waals surface area contributed by atoms with Crippen LogP contribution in [-0.2, 0) is 0 Å². The molecule has 0 bridgehead atoms. The van der Waals surface area contributed by atoms with Crippen molar-refractivity contribution in [2.75, 3.05) is 5.73 Å². The van der Waals surface area contributed by atoms with Crippen molar-refractivity contribution in [2.24, 2.45) is 0 Å². The quantitative estimate of drug-likeness (QED) is 0.740. The molecule has 0 fully saturated rings. The van der Waals surface area contributed by atoms with E-state index in [0.29, 0.717) is 15.7 Å². The van der Waals surface area contributed by atoms with Crippen molar-refractivity contribution in [1.29, 1.82) is 0 Å². The first-order valence-corrected chi connectivity index (χ1v) is 5.08. The molecule has 0 unspecified atom stereocenters. The maximum atomic E-state index is 5.72. The minimum Gasteiger partial charge on any atom is -0.396 e. The number of hydrogen-bond donors (Lipinski definition) is 1. The van der Waals surface area contributed by atoms with E-state index in [1.165, 1.54) is 0 Å². The Hall–Kier alpha value is 0.240. The minimum absolute atomic E-state index is 0.391. The van der Waals surface area contributed by atoms with E-state index in [4.69, 9.17) is 39.6 Å². The molecule has 11 heavy (non-hydrogen) atoms. The van der Waals surface area contributed by atoms with Gasteiger partial charge in [0.2, 0.25) is 0 Å². The monoisotopic (exact) mass is 227 g/mol. The zero-order chi connectivity index (χ0) is 8.43. The standard InChI is InChI=1S/C6H4Cl3NS/c7-4-1-3(11-9)2-5(8)6(4)10/h1-2H,10H2. The molecule has 1 aromatic carbocycles. The van der Waals surface area contributed by atoms with Crippen molar-refractivity contribution >= 4 is 50.5 Å². The second-order valence-corrected chi connectivity index (χ2v) is 3.78. The summed E-state index contributed by atoms with van der Waals surface area (Å²) in [6, 6.07) is 3.33. The van der Waals surface area contributed by atoms with Crippen molar-refractivity contribution in [2.45, 2.75) is 4.90 Å². The van der Waals surface area contributed by atoms with E-state index < -0.39 is 0 Å². The number of rotatable bonds is 1. The third-order valence-electron chi connectivity index (χ3n) is 1.14. The minimum atomic E-state index is 0.391. The van der Waals surface area contributed by atoms with E-state index in [1.54, 1.807) is 12.1 Å². The summed E-state index contributed by atoms with van der Waals surface area (Å²) in [4.78, 5) is 0.788. The average molecular weight is 229 g/mol. The fourth-order valence-corrected chi connectivity index (χ4v) is 1.81. The lowest BCUT2D eigenvalue weighted by molar-refractivity contribution is 1.47. The van der Waals surface area contributed by atoms with E-state index in [-0.39, 0.29) is 0 Å². The van der Waals surface area contributed by atoms with Gasteiger partial charge in [0.05, 0.1) is 15.7 Å². The first-order chi connectivity index (χ1) is 5.15. The third kappa shape index (κ3) is 2.09. The molecule has 0 aromatic heterocycles. The van der Waals surface area contributed by atoms with Crippen LogP contribution in [0.25, 0.3) is 0 Å². The van der Waals surface area contributed by atoms with Crippen LogP contribution in [0.3, 0.4) is 0 Å². The summed E-state index contributed by atoms with van der Waals surface area (Å²) < 4.78 is 0. The summed E-state index contributed by atoms with van der Waals surface area (Å²) in [6.45, 7) is 0. The molecule has 0 aliphatic rings. The highest BCUT2D eigenvalue weighted by Crippen LogP contribution is 2.34. The van der Waals surface area contributed by atoms with Gasteiger partial charge in [0.1, 0.15) is 0 Å². The van der Waals surface area contributed by atoms with E-state index in [9.17, 15) is 0 Å². The maximum absolute atomic E-state index is 5.72. The fourth-order valence-electron chi connectivity index (χ4n) is 0.606. The molecule has 5 heteroatoms. The van der Waals surface area contributed by atoms with Gasteiger partial charge >= 0.3 is 0 Å². The van der Waals surface area contributed by atoms with Crippen molar-refractivity contribution in [3.8, 4) is 0 Å². The van der Waals surface area contributed by atoms with Crippen LogP contribution in [0.1, 0.15) is 0 Å². The fraction of sp³-hybridized carbons (Fsp3) is 0. The molecule has 0 saturated carbocycles. The van der Waals surface area contributed by atoms with Crippen LogP contribution in [0.2, 0.25) is 10.0 Å². The van der Waals surface area contributed by atoms with Crippen LogP contribution in [-0.4, -0.2) is 0 Å². The largest absolute Gasteiger partial charge is 0.396 e. The Balaban J connectivity index is 3.21. The molecule has 2 N–H and O–H groups in total. The summed E-state index contributed by atoms with van der Waals surface area (Å²) in [6.07, 6.45) is 0. The highest BCUT2D eigenvalue weighted by atomic mass is 35.7. The van der Waals surface area contributed by atoms with E-state index >= 15 is 0 Å². The highest BCUT2D eigenvalue weighted by molar-refractivity contribution is 8.21. The van der Waals surface area contributed by atoms with Gasteiger partial charge < -0.3 is 5.73 Å². The molecule has 1 rings (SSSR count). The normalized spacial score (nSPS) is 10.1. The van der Waals surface area contributed by atoms with Crippen LogP contribution < -0.4 is 5.73 Å². The van der Waals surface area contributed by atoms with Gasteiger partial charge in [-0.05, 0) is 33.8 Å². The molecule has 0 aliphatic heterocycles. The second-order valence-electron chi connectivity index (χ2n) is 1.88. The van der Waals surface area contributed by atoms with Crippen LogP contribution in [0.15, 0.2) is 17.0 Å². The van der Waals surface area contributed by atoms with Gasteiger partial charge in [-0.25, -0.2) is 0 Å². The van der Waals surface area contributed by atoms with Gasteiger partial charge in [-0.3, -0.25) is 0 Å². The molecule has 0 atom stereocenters. The molecule has 60 valence electrons. The SMILES string of the molecule is Nc1c(Cl)cc(SCl)cc1Cl. The molecule has 1 aromatic rings. The van der Waals surface area contributed by atoms with E-state index in [1.807, 2.05) is 0 Å². The third-order valence-corrected chi connectivity index (χ3v) is 2.72. The van der Waals surface area contributed by atoms with Crippen molar-refractivity contribution in [1.82, 2.24) is 0 Å². The van der Waals surface area contributed by atoms with Crippen LogP contribution >= 0.6 is 44.9 Å². The molecule has 0 aliphatic carbocycles. The lowest BCUT2D eigenvalue weighted by Crippen LogP contribution is -1.87. The van der Waals surface area contributed by atoms with Gasteiger partial charge in [0.15, 0.2) is 0 Å². The van der Waals surface area contributed by atoms with Gasteiger partial charge in [0.25, 0.3) is 0 Å². The first kappa shape index (κ1) is 9.33. The lowest BCUT2D eigenvalue weighted by atomic mass is 10.3. The number of nitrogens with two attached hydrogens (primary N) is 1. The van der Waals surface area contributed by atoms with Crippen molar-refractivity contribution in [3.63, 3.8) is 0 Å². The zero-order valence-corrected chi connectivity index (χ0v) is 8.36. The van der Waals surface area contributed by atoms with Crippen molar-refractivity contribution < 1.29 is 0 Å². The molecular formula is C6H4Cl3NS. The van der Waals surface area contributed by atoms with Crippen molar-refractivity contribution in [3.05, 3.63) is 22.2 Å². The summed E-state index contributed by atoms with van der Waals surface area (Å²) in [5.41, 5.74) is 5.88. The smallest absolute Gasteiger partial charge is 0.0693 e. The predicted octanol–water partition coefficient (Wildman–Crippen LogP) is 3.82. The summed E-state index contributed by atoms with van der Waals surface area (Å²) in [5.74, 6) is 0. The van der Waals surface area contributed by atoms with E-state index in [0.717, 1.165) is 15.9 Å². The average Bonchev–Trinajstić information content (AvgIpc) is 1.99. The van der Waals surface area contributed by atoms with Crippen LogP contribution in [0.4, 0.5) is 5.69 Å². The Morgan fingerprint density at radius 3 is 2.00 bits per heavy atom. The zero-order valence-electron chi connectivity index (χ0n) is 5.27.